The largest absolute Gasteiger partial charge is 0.278 e. The molecule has 10 heteroatoms. The summed E-state index contributed by atoms with van der Waals surface area (Å²) in [5, 5.41) is 22.3. The molecule has 1 N–H and O–H groups in total. The molecule has 32 heavy (non-hydrogen) atoms. The number of H-pyrrole nitrogens is 1. The van der Waals surface area contributed by atoms with E-state index in [1.54, 1.807) is 23.3 Å². The van der Waals surface area contributed by atoms with E-state index in [1.807, 2.05) is 53.2 Å². The fourth-order valence-corrected chi connectivity index (χ4v) is 4.10. The van der Waals surface area contributed by atoms with Gasteiger partial charge in [0.05, 0.1) is 50.9 Å². The molecule has 2 aromatic carbocycles. The van der Waals surface area contributed by atoms with Gasteiger partial charge >= 0.3 is 0 Å². The van der Waals surface area contributed by atoms with Crippen molar-refractivity contribution in [3.05, 3.63) is 82.9 Å². The van der Waals surface area contributed by atoms with E-state index in [4.69, 9.17) is 23.2 Å². The molecule has 0 bridgehead atoms. The normalized spacial score (nSPS) is 11.6. The van der Waals surface area contributed by atoms with Gasteiger partial charge in [0.25, 0.3) is 0 Å². The maximum atomic E-state index is 6.60. The topological polar surface area (TPSA) is 90.1 Å². The highest BCUT2D eigenvalue weighted by molar-refractivity contribution is 6.35. The molecule has 6 rings (SSSR count). The Morgan fingerprint density at radius 2 is 1.91 bits per heavy atom. The Kier molecular flexibility index (Phi) is 4.41. The quantitative estimate of drug-likeness (QED) is 0.403. The van der Waals surface area contributed by atoms with Crippen LogP contribution in [0.5, 0.6) is 0 Å². The molecule has 4 aromatic heterocycles. The van der Waals surface area contributed by atoms with Crippen molar-refractivity contribution in [3.63, 3.8) is 0 Å². The summed E-state index contributed by atoms with van der Waals surface area (Å²) in [5.74, 6) is 0. The lowest BCUT2D eigenvalue weighted by atomic mass is 10.1. The number of nitrogens with one attached hydrogen (secondary N) is 1. The van der Waals surface area contributed by atoms with Gasteiger partial charge in [0.2, 0.25) is 0 Å². The van der Waals surface area contributed by atoms with E-state index >= 15 is 0 Å². The number of benzene rings is 2. The highest BCUT2D eigenvalue weighted by Gasteiger charge is 2.15. The van der Waals surface area contributed by atoms with Crippen LogP contribution in [0.3, 0.4) is 0 Å². The highest BCUT2D eigenvalue weighted by atomic mass is 35.5. The van der Waals surface area contributed by atoms with Crippen molar-refractivity contribution in [2.24, 2.45) is 0 Å². The second-order valence-corrected chi connectivity index (χ2v) is 8.15. The van der Waals surface area contributed by atoms with Crippen molar-refractivity contribution in [3.8, 4) is 16.9 Å². The number of rotatable bonds is 4. The summed E-state index contributed by atoms with van der Waals surface area (Å²) in [7, 11) is 0. The van der Waals surface area contributed by atoms with Crippen molar-refractivity contribution in [2.75, 3.05) is 0 Å². The number of nitrogens with zero attached hydrogens (tertiary/aromatic N) is 7. The van der Waals surface area contributed by atoms with E-state index < -0.39 is 0 Å². The first-order chi connectivity index (χ1) is 15.7. The zero-order valence-electron chi connectivity index (χ0n) is 16.4. The van der Waals surface area contributed by atoms with Gasteiger partial charge < -0.3 is 0 Å². The van der Waals surface area contributed by atoms with Gasteiger partial charge in [-0.15, -0.1) is 5.10 Å². The van der Waals surface area contributed by atoms with Crippen molar-refractivity contribution >= 4 is 45.1 Å². The first-order valence-corrected chi connectivity index (χ1v) is 10.5. The number of hydrogen-bond donors (Lipinski definition) is 1. The number of pyridine rings is 1. The molecular formula is C22H14Cl2N8. The average Bonchev–Trinajstić information content (AvgIpc) is 3.54. The van der Waals surface area contributed by atoms with E-state index in [1.165, 1.54) is 0 Å². The van der Waals surface area contributed by atoms with Gasteiger partial charge in [0, 0.05) is 23.3 Å². The van der Waals surface area contributed by atoms with Crippen LogP contribution in [-0.2, 0) is 6.54 Å². The van der Waals surface area contributed by atoms with Gasteiger partial charge in [-0.25, -0.2) is 4.68 Å². The van der Waals surface area contributed by atoms with Crippen LogP contribution in [-0.4, -0.2) is 40.0 Å². The number of halogens is 2. The third kappa shape index (κ3) is 3.21. The van der Waals surface area contributed by atoms with Crippen LogP contribution in [0.2, 0.25) is 10.0 Å². The van der Waals surface area contributed by atoms with Crippen molar-refractivity contribution < 1.29 is 0 Å². The van der Waals surface area contributed by atoms with E-state index in [2.05, 4.69) is 30.6 Å². The van der Waals surface area contributed by atoms with E-state index in [9.17, 15) is 0 Å². The zero-order chi connectivity index (χ0) is 21.7. The van der Waals surface area contributed by atoms with Gasteiger partial charge in [-0.3, -0.25) is 14.8 Å². The Morgan fingerprint density at radius 1 is 0.969 bits per heavy atom. The standard InChI is InChI=1S/C22H14Cl2N8/c23-15-2-3-16(25-11-15)12-31-20(5-6-27-31)14-7-18(24)22-21(8-14)32(30-29-22)17-4-1-13-10-26-28-19(13)9-17/h1-11H,12H2,(H,26,28). The van der Waals surface area contributed by atoms with Gasteiger partial charge in [0.15, 0.2) is 0 Å². The first kappa shape index (κ1) is 19.0. The fraction of sp³-hybridized carbons (Fsp3) is 0.0455. The van der Waals surface area contributed by atoms with E-state index in [0.29, 0.717) is 22.1 Å². The van der Waals surface area contributed by atoms with Gasteiger partial charge in [0.1, 0.15) is 5.52 Å². The molecule has 0 aliphatic rings. The predicted octanol–water partition coefficient (Wildman–Crippen LogP) is 4.91. The van der Waals surface area contributed by atoms with Gasteiger partial charge in [-0.1, -0.05) is 28.4 Å². The molecule has 0 amide bonds. The van der Waals surface area contributed by atoms with E-state index in [-0.39, 0.29) is 0 Å². The molecule has 4 heterocycles. The van der Waals surface area contributed by atoms with Crippen molar-refractivity contribution in [1.29, 1.82) is 0 Å². The number of aromatic nitrogens is 8. The van der Waals surface area contributed by atoms with Crippen LogP contribution in [0.25, 0.3) is 38.9 Å². The second-order valence-electron chi connectivity index (χ2n) is 7.31. The molecule has 0 aliphatic heterocycles. The Hall–Kier alpha value is -3.75. The smallest absolute Gasteiger partial charge is 0.132 e. The van der Waals surface area contributed by atoms with Crippen molar-refractivity contribution in [1.82, 2.24) is 40.0 Å². The van der Waals surface area contributed by atoms with Crippen molar-refractivity contribution in [2.45, 2.75) is 6.54 Å². The summed E-state index contributed by atoms with van der Waals surface area (Å²) >= 11 is 12.6. The lowest BCUT2D eigenvalue weighted by Gasteiger charge is -2.09. The van der Waals surface area contributed by atoms with Gasteiger partial charge in [-0.05, 0) is 48.5 Å². The minimum Gasteiger partial charge on any atom is -0.278 e. The summed E-state index contributed by atoms with van der Waals surface area (Å²) in [6.45, 7) is 0.503. The molecule has 0 spiro atoms. The lowest BCUT2D eigenvalue weighted by molar-refractivity contribution is 0.680. The molecule has 0 unspecified atom stereocenters. The summed E-state index contributed by atoms with van der Waals surface area (Å²) in [6.07, 6.45) is 5.17. The van der Waals surface area contributed by atoms with E-state index in [0.717, 1.165) is 39.1 Å². The Morgan fingerprint density at radius 3 is 2.78 bits per heavy atom. The van der Waals surface area contributed by atoms with Crippen LogP contribution in [0.15, 0.2) is 67.1 Å². The van der Waals surface area contributed by atoms with Crippen LogP contribution in [0.1, 0.15) is 5.69 Å². The Bertz CT molecular complexity index is 1580. The molecule has 156 valence electrons. The Labute approximate surface area is 191 Å². The Balaban J connectivity index is 1.45. The molecule has 6 aromatic rings. The molecular weight excluding hydrogens is 447 g/mol. The molecule has 0 fully saturated rings. The molecule has 0 atom stereocenters. The summed E-state index contributed by atoms with van der Waals surface area (Å²) in [6, 6.07) is 15.5. The summed E-state index contributed by atoms with van der Waals surface area (Å²) in [4.78, 5) is 4.37. The molecule has 0 aliphatic carbocycles. The minimum atomic E-state index is 0.503. The van der Waals surface area contributed by atoms with Crippen LogP contribution >= 0.6 is 23.2 Å². The third-order valence-corrected chi connectivity index (χ3v) is 5.80. The second kappa shape index (κ2) is 7.44. The SMILES string of the molecule is Clc1ccc(Cn2nccc2-c2cc(Cl)c3nnn(-c4ccc5cn[nH]c5c4)c3c2)nc1. The summed E-state index contributed by atoms with van der Waals surface area (Å²) < 4.78 is 3.64. The molecule has 8 nitrogen and oxygen atoms in total. The van der Waals surface area contributed by atoms with Gasteiger partial charge in [-0.2, -0.15) is 10.2 Å². The number of aromatic amines is 1. The zero-order valence-corrected chi connectivity index (χ0v) is 18.0. The number of hydrogen-bond acceptors (Lipinski definition) is 5. The predicted molar refractivity (Wildman–Crippen MR) is 123 cm³/mol. The molecule has 0 saturated heterocycles. The fourth-order valence-electron chi connectivity index (χ4n) is 3.74. The first-order valence-electron chi connectivity index (χ1n) is 9.77. The van der Waals surface area contributed by atoms with Crippen LogP contribution < -0.4 is 0 Å². The monoisotopic (exact) mass is 460 g/mol. The highest BCUT2D eigenvalue weighted by Crippen LogP contribution is 2.31. The van der Waals surface area contributed by atoms with Crippen LogP contribution in [0, 0.1) is 0 Å². The molecule has 0 saturated carbocycles. The average molecular weight is 461 g/mol. The van der Waals surface area contributed by atoms with Crippen LogP contribution in [0.4, 0.5) is 0 Å². The maximum Gasteiger partial charge on any atom is 0.132 e. The number of fused-ring (bicyclic) bond motifs is 2. The summed E-state index contributed by atoms with van der Waals surface area (Å²) in [5.41, 5.74) is 5.86. The lowest BCUT2D eigenvalue weighted by Crippen LogP contribution is -2.05. The molecule has 0 radical (unpaired) electrons. The minimum absolute atomic E-state index is 0.503. The third-order valence-electron chi connectivity index (χ3n) is 5.29. The maximum absolute atomic E-state index is 6.60.